The first-order chi connectivity index (χ1) is 8.40. The highest BCUT2D eigenvalue weighted by Gasteiger charge is 2.27. The van der Waals surface area contributed by atoms with Crippen LogP contribution in [-0.4, -0.2) is 17.8 Å². The van der Waals surface area contributed by atoms with Gasteiger partial charge in [0, 0.05) is 10.2 Å². The van der Waals surface area contributed by atoms with Crippen LogP contribution in [0.5, 0.6) is 0 Å². The molecule has 0 aromatic heterocycles. The van der Waals surface area contributed by atoms with Gasteiger partial charge in [0.25, 0.3) is 0 Å². The first kappa shape index (κ1) is 15.9. The molecule has 1 rings (SSSR count). The Balaban J connectivity index is 2.42. The molecule has 1 atom stereocenters. The van der Waals surface area contributed by atoms with E-state index in [1.54, 1.807) is 0 Å². The van der Waals surface area contributed by atoms with Gasteiger partial charge in [-0.25, -0.2) is 0 Å². The maximum Gasteiger partial charge on any atom is 0.441 e. The van der Waals surface area contributed by atoms with Crippen molar-refractivity contribution in [3.63, 3.8) is 0 Å². The summed E-state index contributed by atoms with van der Waals surface area (Å²) in [5.74, 6) is 0.161. The van der Waals surface area contributed by atoms with Crippen LogP contribution in [0.2, 0.25) is 0 Å². The lowest BCUT2D eigenvalue weighted by Crippen LogP contribution is -2.18. The fourth-order valence-corrected chi connectivity index (χ4v) is 2.77. The van der Waals surface area contributed by atoms with Gasteiger partial charge in [0.1, 0.15) is 0 Å². The van der Waals surface area contributed by atoms with Gasteiger partial charge in [-0.3, -0.25) is 0 Å². The average Bonchev–Trinajstić information content (AvgIpc) is 2.26. The molecule has 1 nitrogen and oxygen atoms in total. The van der Waals surface area contributed by atoms with E-state index in [0.29, 0.717) is 19.4 Å². The van der Waals surface area contributed by atoms with E-state index >= 15 is 0 Å². The molecule has 2 N–H and O–H groups in total. The zero-order valence-electron chi connectivity index (χ0n) is 9.71. The van der Waals surface area contributed by atoms with E-state index in [4.69, 9.17) is 5.73 Å². The van der Waals surface area contributed by atoms with Crippen LogP contribution in [0.3, 0.4) is 0 Å². The Bertz CT molecular complexity index is 371. The molecule has 0 amide bonds. The second-order valence-electron chi connectivity index (χ2n) is 4.02. The lowest BCUT2D eigenvalue weighted by molar-refractivity contribution is -0.0328. The molecule has 1 aromatic rings. The molecule has 0 fully saturated rings. The molecular formula is C12H15BrF3NS. The monoisotopic (exact) mass is 341 g/mol. The summed E-state index contributed by atoms with van der Waals surface area (Å²) in [5, 5.41) is 0. The zero-order valence-corrected chi connectivity index (χ0v) is 12.1. The van der Waals surface area contributed by atoms with Crippen molar-refractivity contribution in [1.82, 2.24) is 0 Å². The van der Waals surface area contributed by atoms with Gasteiger partial charge in [0.05, 0.1) is 0 Å². The topological polar surface area (TPSA) is 26.0 Å². The highest BCUT2D eigenvalue weighted by molar-refractivity contribution is 9.10. The summed E-state index contributed by atoms with van der Waals surface area (Å²) in [6.45, 7) is 0.408. The molecule has 0 spiro atoms. The molecule has 0 bridgehead atoms. The number of benzene rings is 1. The smallest absolute Gasteiger partial charge is 0.330 e. The van der Waals surface area contributed by atoms with Crippen LogP contribution in [-0.2, 0) is 6.42 Å². The summed E-state index contributed by atoms with van der Waals surface area (Å²) < 4.78 is 37.0. The quantitative estimate of drug-likeness (QED) is 0.838. The standard InChI is InChI=1S/C12H15BrF3NS/c13-11-3-1-2-9(7-11)6-10(8-17)4-5-18-12(14,15)16/h1-3,7,10H,4-6,8,17H2. The number of alkyl halides is 3. The summed E-state index contributed by atoms with van der Waals surface area (Å²) in [7, 11) is 0. The molecule has 0 saturated carbocycles. The van der Waals surface area contributed by atoms with Gasteiger partial charge in [0.15, 0.2) is 0 Å². The van der Waals surface area contributed by atoms with Crippen molar-refractivity contribution in [2.75, 3.05) is 12.3 Å². The molecule has 102 valence electrons. The third-order valence-corrected chi connectivity index (χ3v) is 3.80. The third-order valence-electron chi connectivity index (χ3n) is 2.54. The van der Waals surface area contributed by atoms with Crippen molar-refractivity contribution in [3.8, 4) is 0 Å². The molecule has 0 aliphatic rings. The number of rotatable bonds is 6. The Labute approximate surface area is 117 Å². The third kappa shape index (κ3) is 6.66. The van der Waals surface area contributed by atoms with E-state index < -0.39 is 5.51 Å². The molecule has 0 aliphatic carbocycles. The average molecular weight is 342 g/mol. The normalized spacial score (nSPS) is 13.6. The maximum atomic E-state index is 12.0. The van der Waals surface area contributed by atoms with Crippen molar-refractivity contribution < 1.29 is 13.2 Å². The van der Waals surface area contributed by atoms with Crippen molar-refractivity contribution in [2.24, 2.45) is 11.7 Å². The Hall–Kier alpha value is -0.200. The Kier molecular flexibility index (Phi) is 6.52. The molecular weight excluding hydrogens is 327 g/mol. The minimum absolute atomic E-state index is 0.0262. The lowest BCUT2D eigenvalue weighted by Gasteiger charge is -2.15. The summed E-state index contributed by atoms with van der Waals surface area (Å²) in [5.41, 5.74) is 2.56. The number of halogens is 4. The fourth-order valence-electron chi connectivity index (χ4n) is 1.64. The van der Waals surface area contributed by atoms with Crippen LogP contribution in [0.1, 0.15) is 12.0 Å². The number of hydrogen-bond acceptors (Lipinski definition) is 2. The van der Waals surface area contributed by atoms with E-state index in [1.165, 1.54) is 0 Å². The van der Waals surface area contributed by atoms with Crippen molar-refractivity contribution >= 4 is 27.7 Å². The Morgan fingerprint density at radius 1 is 1.33 bits per heavy atom. The van der Waals surface area contributed by atoms with Gasteiger partial charge in [-0.1, -0.05) is 39.8 Å². The summed E-state index contributed by atoms with van der Waals surface area (Å²) >= 11 is 3.39. The van der Waals surface area contributed by atoms with Gasteiger partial charge in [0.2, 0.25) is 0 Å². The van der Waals surface area contributed by atoms with E-state index in [0.717, 1.165) is 10.0 Å². The van der Waals surface area contributed by atoms with Crippen molar-refractivity contribution in [3.05, 3.63) is 34.3 Å². The van der Waals surface area contributed by atoms with E-state index in [-0.39, 0.29) is 23.4 Å². The van der Waals surface area contributed by atoms with Crippen LogP contribution in [0.4, 0.5) is 13.2 Å². The van der Waals surface area contributed by atoms with Crippen LogP contribution >= 0.6 is 27.7 Å². The SMILES string of the molecule is NCC(CCSC(F)(F)F)Cc1cccc(Br)c1. The van der Waals surface area contributed by atoms with Crippen molar-refractivity contribution in [2.45, 2.75) is 18.3 Å². The zero-order chi connectivity index (χ0) is 13.6. The molecule has 0 heterocycles. The maximum absolute atomic E-state index is 12.0. The molecule has 0 radical (unpaired) electrons. The molecule has 6 heteroatoms. The molecule has 18 heavy (non-hydrogen) atoms. The second-order valence-corrected chi connectivity index (χ2v) is 6.09. The second kappa shape index (κ2) is 7.40. The van der Waals surface area contributed by atoms with Crippen LogP contribution < -0.4 is 5.73 Å². The minimum atomic E-state index is -4.14. The van der Waals surface area contributed by atoms with Gasteiger partial charge in [-0.2, -0.15) is 13.2 Å². The number of hydrogen-bond donors (Lipinski definition) is 1. The largest absolute Gasteiger partial charge is 0.441 e. The van der Waals surface area contributed by atoms with E-state index in [9.17, 15) is 13.2 Å². The predicted molar refractivity (Wildman–Crippen MR) is 73.5 cm³/mol. The molecule has 1 unspecified atom stereocenters. The molecule has 1 aromatic carbocycles. The Morgan fingerprint density at radius 3 is 2.61 bits per heavy atom. The van der Waals surface area contributed by atoms with Gasteiger partial charge in [-0.05, 0) is 43.0 Å². The summed E-state index contributed by atoms with van der Waals surface area (Å²) in [6.07, 6.45) is 1.20. The Morgan fingerprint density at radius 2 is 2.06 bits per heavy atom. The van der Waals surface area contributed by atoms with Crippen LogP contribution in [0.15, 0.2) is 28.7 Å². The van der Waals surface area contributed by atoms with Gasteiger partial charge < -0.3 is 5.73 Å². The van der Waals surface area contributed by atoms with Gasteiger partial charge >= 0.3 is 5.51 Å². The fraction of sp³-hybridized carbons (Fsp3) is 0.500. The number of nitrogens with two attached hydrogens (primary N) is 1. The molecule has 0 aliphatic heterocycles. The van der Waals surface area contributed by atoms with Gasteiger partial charge in [-0.15, -0.1) is 0 Å². The van der Waals surface area contributed by atoms with Crippen molar-refractivity contribution in [1.29, 1.82) is 0 Å². The minimum Gasteiger partial charge on any atom is -0.330 e. The van der Waals surface area contributed by atoms with E-state index in [1.807, 2.05) is 24.3 Å². The highest BCUT2D eigenvalue weighted by Crippen LogP contribution is 2.31. The lowest BCUT2D eigenvalue weighted by atomic mass is 9.97. The van der Waals surface area contributed by atoms with Crippen LogP contribution in [0, 0.1) is 5.92 Å². The first-order valence-electron chi connectivity index (χ1n) is 5.56. The predicted octanol–water partition coefficient (Wildman–Crippen LogP) is 4.21. The first-order valence-corrected chi connectivity index (χ1v) is 7.34. The summed E-state index contributed by atoms with van der Waals surface area (Å²) in [4.78, 5) is 0. The van der Waals surface area contributed by atoms with Crippen LogP contribution in [0.25, 0.3) is 0 Å². The molecule has 0 saturated heterocycles. The van der Waals surface area contributed by atoms with E-state index in [2.05, 4.69) is 15.9 Å². The summed E-state index contributed by atoms with van der Waals surface area (Å²) in [6, 6.07) is 7.77. The number of thioether (sulfide) groups is 1. The highest BCUT2D eigenvalue weighted by atomic mass is 79.9.